The molecule has 3 N–H and O–H groups in total. The second-order valence-electron chi connectivity index (χ2n) is 7.47. The van der Waals surface area contributed by atoms with E-state index in [1.54, 1.807) is 17.0 Å². The number of rotatable bonds is 4. The number of piperazine rings is 1. The Bertz CT molecular complexity index is 629. The molecule has 27 heavy (non-hydrogen) atoms. The lowest BCUT2D eigenvalue weighted by Gasteiger charge is -2.37. The molecule has 6 nitrogen and oxygen atoms in total. The van der Waals surface area contributed by atoms with Crippen molar-refractivity contribution in [2.45, 2.75) is 26.8 Å². The third-order valence-electron chi connectivity index (χ3n) is 4.40. The molecule has 9 heteroatoms. The molecule has 0 bridgehead atoms. The van der Waals surface area contributed by atoms with Gasteiger partial charge in [0.2, 0.25) is 11.8 Å². The molecule has 2 rings (SSSR count). The number of halogens is 3. The van der Waals surface area contributed by atoms with Crippen molar-refractivity contribution in [2.24, 2.45) is 11.1 Å². The summed E-state index contributed by atoms with van der Waals surface area (Å²) in [6.07, 6.45) is 0. The largest absolute Gasteiger partial charge is 0.339 e. The number of nitrogens with zero attached hydrogens (tertiary/aromatic N) is 2. The Morgan fingerprint density at radius 1 is 1.15 bits per heavy atom. The number of carbonyl (C=O) groups is 2. The fourth-order valence-corrected chi connectivity index (χ4v) is 2.83. The van der Waals surface area contributed by atoms with Crippen LogP contribution >= 0.6 is 36.4 Å². The van der Waals surface area contributed by atoms with Gasteiger partial charge in [0.25, 0.3) is 0 Å². The molecule has 0 unspecified atom stereocenters. The Kier molecular flexibility index (Phi) is 10.6. The van der Waals surface area contributed by atoms with Crippen LogP contribution in [0.1, 0.15) is 20.8 Å². The van der Waals surface area contributed by atoms with Gasteiger partial charge in [-0.15, -0.1) is 24.8 Å². The van der Waals surface area contributed by atoms with Crippen molar-refractivity contribution in [2.75, 3.05) is 38.0 Å². The zero-order chi connectivity index (χ0) is 18.6. The molecule has 1 heterocycles. The number of carbonyl (C=O) groups excluding carboxylic acids is 2. The van der Waals surface area contributed by atoms with Gasteiger partial charge in [-0.2, -0.15) is 0 Å². The highest BCUT2D eigenvalue weighted by molar-refractivity contribution is 6.33. The molecule has 0 aromatic heterocycles. The molecule has 154 valence electrons. The van der Waals surface area contributed by atoms with Crippen molar-refractivity contribution in [1.82, 2.24) is 9.80 Å². The fourth-order valence-electron chi connectivity index (χ4n) is 2.65. The van der Waals surface area contributed by atoms with Gasteiger partial charge in [-0.3, -0.25) is 14.5 Å². The Labute approximate surface area is 178 Å². The van der Waals surface area contributed by atoms with Gasteiger partial charge in [0.15, 0.2) is 0 Å². The van der Waals surface area contributed by atoms with E-state index in [0.717, 1.165) is 0 Å². The summed E-state index contributed by atoms with van der Waals surface area (Å²) < 4.78 is 0. The first-order valence-electron chi connectivity index (χ1n) is 8.49. The third kappa shape index (κ3) is 7.47. The van der Waals surface area contributed by atoms with E-state index in [1.807, 2.05) is 37.8 Å². The van der Waals surface area contributed by atoms with Crippen molar-refractivity contribution in [1.29, 1.82) is 0 Å². The molecule has 0 radical (unpaired) electrons. The summed E-state index contributed by atoms with van der Waals surface area (Å²) in [5.74, 6) is -0.132. The summed E-state index contributed by atoms with van der Waals surface area (Å²) in [5.41, 5.74) is 6.41. The fraction of sp³-hybridized carbons (Fsp3) is 0.556. The third-order valence-corrected chi connectivity index (χ3v) is 4.73. The van der Waals surface area contributed by atoms with Crippen LogP contribution in [0.25, 0.3) is 0 Å². The molecule has 1 aromatic carbocycles. The second-order valence-corrected chi connectivity index (χ2v) is 7.88. The van der Waals surface area contributed by atoms with Crippen molar-refractivity contribution < 1.29 is 9.59 Å². The second kappa shape index (κ2) is 11.1. The van der Waals surface area contributed by atoms with Gasteiger partial charge >= 0.3 is 0 Å². The van der Waals surface area contributed by atoms with Crippen LogP contribution in [0.3, 0.4) is 0 Å². The van der Waals surface area contributed by atoms with Crippen LogP contribution in [0.5, 0.6) is 0 Å². The minimum Gasteiger partial charge on any atom is -0.339 e. The highest BCUT2D eigenvalue weighted by atomic mass is 35.5. The number of nitrogens with one attached hydrogen (secondary N) is 1. The predicted molar refractivity (Wildman–Crippen MR) is 115 cm³/mol. The van der Waals surface area contributed by atoms with Crippen LogP contribution in [0, 0.1) is 5.41 Å². The summed E-state index contributed by atoms with van der Waals surface area (Å²) >= 11 is 6.05. The number of para-hydroxylation sites is 1. The van der Waals surface area contributed by atoms with E-state index in [0.29, 0.717) is 36.9 Å². The highest BCUT2D eigenvalue weighted by Crippen LogP contribution is 2.21. The van der Waals surface area contributed by atoms with E-state index < -0.39 is 6.04 Å². The Balaban J connectivity index is 0.00000338. The average molecular weight is 440 g/mol. The van der Waals surface area contributed by atoms with Crippen LogP contribution in [0.15, 0.2) is 24.3 Å². The van der Waals surface area contributed by atoms with Gasteiger partial charge in [0.05, 0.1) is 23.3 Å². The lowest BCUT2D eigenvalue weighted by Crippen LogP contribution is -2.56. The van der Waals surface area contributed by atoms with Crippen molar-refractivity contribution in [3.05, 3.63) is 29.3 Å². The first-order chi connectivity index (χ1) is 11.7. The maximum Gasteiger partial charge on any atom is 0.240 e. The zero-order valence-corrected chi connectivity index (χ0v) is 18.3. The smallest absolute Gasteiger partial charge is 0.240 e. The molecular weight excluding hydrogens is 411 g/mol. The van der Waals surface area contributed by atoms with Gasteiger partial charge < -0.3 is 16.0 Å². The van der Waals surface area contributed by atoms with Gasteiger partial charge in [-0.05, 0) is 17.5 Å². The number of anilines is 1. The van der Waals surface area contributed by atoms with Crippen LogP contribution in [0.2, 0.25) is 5.02 Å². The molecule has 1 fully saturated rings. The van der Waals surface area contributed by atoms with Crippen molar-refractivity contribution in [3.8, 4) is 0 Å². The van der Waals surface area contributed by atoms with Crippen molar-refractivity contribution in [3.63, 3.8) is 0 Å². The normalized spacial score (nSPS) is 16.0. The molecular formula is C18H29Cl3N4O2. The first-order valence-corrected chi connectivity index (χ1v) is 8.87. The van der Waals surface area contributed by atoms with Crippen LogP contribution in [-0.2, 0) is 9.59 Å². The van der Waals surface area contributed by atoms with E-state index >= 15 is 0 Å². The number of nitrogens with two attached hydrogens (primary N) is 1. The SMILES string of the molecule is CC(C)(C)[C@H](N)C(=O)N1CCN(CC(=O)Nc2ccccc2Cl)CC1.Cl.Cl. The minimum atomic E-state index is -0.512. The van der Waals surface area contributed by atoms with E-state index in [9.17, 15) is 9.59 Å². The van der Waals surface area contributed by atoms with Crippen molar-refractivity contribution >= 4 is 53.9 Å². The summed E-state index contributed by atoms with van der Waals surface area (Å²) in [6, 6.07) is 6.63. The first kappa shape index (κ1) is 26.0. The number of hydrogen-bond acceptors (Lipinski definition) is 4. The standard InChI is InChI=1S/C18H27ClN4O2.2ClH/c1-18(2,3)16(20)17(25)23-10-8-22(9-11-23)12-15(24)21-14-7-5-4-6-13(14)19;;/h4-7,16H,8-12,20H2,1-3H3,(H,21,24);2*1H/t16-;;/m1../s1. The topological polar surface area (TPSA) is 78.7 Å². The average Bonchev–Trinajstić information content (AvgIpc) is 2.55. The molecule has 1 aliphatic rings. The molecule has 0 aliphatic carbocycles. The van der Waals surface area contributed by atoms with Gasteiger partial charge in [0, 0.05) is 26.2 Å². The summed E-state index contributed by atoms with van der Waals surface area (Å²) in [7, 11) is 0. The van der Waals surface area contributed by atoms with Crippen LogP contribution in [-0.4, -0.2) is 60.4 Å². The lowest BCUT2D eigenvalue weighted by atomic mass is 9.86. The van der Waals surface area contributed by atoms with Gasteiger partial charge in [-0.25, -0.2) is 0 Å². The van der Waals surface area contributed by atoms with Crippen LogP contribution in [0.4, 0.5) is 5.69 Å². The quantitative estimate of drug-likeness (QED) is 0.756. The van der Waals surface area contributed by atoms with Gasteiger partial charge in [-0.1, -0.05) is 44.5 Å². The summed E-state index contributed by atoms with van der Waals surface area (Å²) in [6.45, 7) is 8.64. The summed E-state index contributed by atoms with van der Waals surface area (Å²) in [5, 5.41) is 3.33. The van der Waals surface area contributed by atoms with E-state index in [4.69, 9.17) is 17.3 Å². The molecule has 0 saturated carbocycles. The molecule has 1 aliphatic heterocycles. The predicted octanol–water partition coefficient (Wildman–Crippen LogP) is 2.64. The molecule has 2 amide bonds. The highest BCUT2D eigenvalue weighted by Gasteiger charge is 2.32. The van der Waals surface area contributed by atoms with E-state index in [2.05, 4.69) is 5.32 Å². The Hall–Kier alpha value is -1.05. The minimum absolute atomic E-state index is 0. The molecule has 1 atom stereocenters. The Morgan fingerprint density at radius 2 is 1.70 bits per heavy atom. The number of hydrogen-bond donors (Lipinski definition) is 2. The number of benzene rings is 1. The molecule has 1 saturated heterocycles. The maximum atomic E-state index is 12.4. The molecule has 1 aromatic rings. The number of amides is 2. The van der Waals surface area contributed by atoms with E-state index in [1.165, 1.54) is 0 Å². The molecule has 0 spiro atoms. The van der Waals surface area contributed by atoms with E-state index in [-0.39, 0.29) is 48.6 Å². The lowest BCUT2D eigenvalue weighted by molar-refractivity contribution is -0.136. The summed E-state index contributed by atoms with van der Waals surface area (Å²) in [4.78, 5) is 28.4. The maximum absolute atomic E-state index is 12.4. The Morgan fingerprint density at radius 3 is 2.22 bits per heavy atom. The zero-order valence-electron chi connectivity index (χ0n) is 15.9. The van der Waals surface area contributed by atoms with Crippen LogP contribution < -0.4 is 11.1 Å². The van der Waals surface area contributed by atoms with Gasteiger partial charge in [0.1, 0.15) is 0 Å². The monoisotopic (exact) mass is 438 g/mol.